The van der Waals surface area contributed by atoms with E-state index in [0.29, 0.717) is 24.3 Å². The minimum Gasteiger partial charge on any atom is -0.465 e. The fourth-order valence-corrected chi connectivity index (χ4v) is 2.94. The maximum Gasteiger partial charge on any atom is 0.411 e. The Kier molecular flexibility index (Phi) is 6.39. The lowest BCUT2D eigenvalue weighted by Crippen LogP contribution is -2.54. The van der Waals surface area contributed by atoms with Gasteiger partial charge in [0, 0.05) is 0 Å². The zero-order valence-corrected chi connectivity index (χ0v) is 15.3. The van der Waals surface area contributed by atoms with Gasteiger partial charge in [-0.05, 0) is 49.2 Å². The molecule has 0 spiro atoms. The fraction of sp³-hybridized carbons (Fsp3) is 0.368. The van der Waals surface area contributed by atoms with Crippen LogP contribution in [0, 0.1) is 0 Å². The van der Waals surface area contributed by atoms with E-state index in [2.05, 4.69) is 0 Å². The second-order valence-corrected chi connectivity index (χ2v) is 6.23. The molecule has 0 radical (unpaired) electrons. The molecule has 2 rings (SSSR count). The number of halogens is 6. The Bertz CT molecular complexity index is 726. The zero-order valence-electron chi connectivity index (χ0n) is 15.3. The number of hydrogen-bond donors (Lipinski definition) is 2. The summed E-state index contributed by atoms with van der Waals surface area (Å²) in [7, 11) is 0. The van der Waals surface area contributed by atoms with Gasteiger partial charge < -0.3 is 19.7 Å². The summed E-state index contributed by atoms with van der Waals surface area (Å²) < 4.78 is 93.7. The molecular weight excluding hydrogens is 406 g/mol. The van der Waals surface area contributed by atoms with Crippen molar-refractivity contribution in [2.45, 2.75) is 44.2 Å². The molecule has 0 aliphatic rings. The van der Waals surface area contributed by atoms with Crippen LogP contribution in [0.1, 0.15) is 25.0 Å². The molecule has 29 heavy (non-hydrogen) atoms. The van der Waals surface area contributed by atoms with Crippen molar-refractivity contribution < 1.29 is 46.0 Å². The van der Waals surface area contributed by atoms with Crippen molar-refractivity contribution in [1.82, 2.24) is 0 Å². The molecule has 0 saturated carbocycles. The Morgan fingerprint density at radius 3 is 1.10 bits per heavy atom. The summed E-state index contributed by atoms with van der Waals surface area (Å²) in [6.45, 7) is 2.47. The molecule has 2 N–H and O–H groups in total. The van der Waals surface area contributed by atoms with E-state index in [1.807, 2.05) is 0 Å². The molecule has 0 heterocycles. The molecule has 0 aliphatic carbocycles. The van der Waals surface area contributed by atoms with Gasteiger partial charge in [-0.15, -0.1) is 0 Å². The summed E-state index contributed by atoms with van der Waals surface area (Å²) in [6.07, 6.45) is -14.1. The van der Waals surface area contributed by atoms with Gasteiger partial charge in [-0.25, -0.2) is 0 Å². The number of benzene rings is 2. The van der Waals surface area contributed by atoms with E-state index in [1.165, 1.54) is 13.8 Å². The van der Waals surface area contributed by atoms with Crippen LogP contribution >= 0.6 is 0 Å². The standard InChI is InChI=1S/C19H18F6O4/c1-11(26)28-15-7-3-13(4-8-15)17(18(20,21)22,19(23,24)25)14-5-9-16(10-6-14)29-12(2)27/h3-12,26-27H,1-2H3. The summed E-state index contributed by atoms with van der Waals surface area (Å²) in [6, 6.07) is 6.27. The van der Waals surface area contributed by atoms with Crippen LogP contribution in [0.5, 0.6) is 11.5 Å². The van der Waals surface area contributed by atoms with Crippen LogP contribution in [0.4, 0.5) is 26.3 Å². The third-order valence-electron chi connectivity index (χ3n) is 4.04. The highest BCUT2D eigenvalue weighted by Crippen LogP contribution is 2.56. The normalized spacial score (nSPS) is 15.0. The number of rotatable bonds is 6. The first kappa shape index (κ1) is 22.8. The predicted molar refractivity (Wildman–Crippen MR) is 90.4 cm³/mol. The van der Waals surface area contributed by atoms with Gasteiger partial charge in [-0.3, -0.25) is 0 Å². The number of aliphatic hydroxyl groups excluding tert-OH is 2. The quantitative estimate of drug-likeness (QED) is 0.529. The number of ether oxygens (including phenoxy) is 2. The van der Waals surface area contributed by atoms with Crippen LogP contribution < -0.4 is 9.47 Å². The highest BCUT2D eigenvalue weighted by Gasteiger charge is 2.72. The van der Waals surface area contributed by atoms with E-state index in [1.54, 1.807) is 0 Å². The Morgan fingerprint density at radius 1 is 0.621 bits per heavy atom. The molecule has 0 amide bonds. The molecule has 0 saturated heterocycles. The van der Waals surface area contributed by atoms with Crippen molar-refractivity contribution in [3.8, 4) is 11.5 Å². The van der Waals surface area contributed by atoms with Gasteiger partial charge in [-0.1, -0.05) is 24.3 Å². The van der Waals surface area contributed by atoms with Crippen molar-refractivity contribution in [2.24, 2.45) is 0 Å². The average molecular weight is 424 g/mol. The van der Waals surface area contributed by atoms with E-state index in [4.69, 9.17) is 19.7 Å². The molecule has 0 bridgehead atoms. The SMILES string of the molecule is CC(O)Oc1ccc(C(c2ccc(OC(C)O)cc2)(C(F)(F)F)C(F)(F)F)cc1. The molecule has 2 atom stereocenters. The lowest BCUT2D eigenvalue weighted by molar-refractivity contribution is -0.288. The number of alkyl halides is 6. The van der Waals surface area contributed by atoms with E-state index in [-0.39, 0.29) is 11.5 Å². The first-order valence-electron chi connectivity index (χ1n) is 8.33. The summed E-state index contributed by atoms with van der Waals surface area (Å²) in [5.74, 6) is -0.189. The third-order valence-corrected chi connectivity index (χ3v) is 4.04. The van der Waals surface area contributed by atoms with Crippen molar-refractivity contribution >= 4 is 0 Å². The van der Waals surface area contributed by atoms with Crippen molar-refractivity contribution in [3.05, 3.63) is 59.7 Å². The van der Waals surface area contributed by atoms with Crippen LogP contribution in [-0.2, 0) is 5.41 Å². The molecule has 0 aromatic heterocycles. The van der Waals surface area contributed by atoms with E-state index in [9.17, 15) is 26.3 Å². The third kappa shape index (κ3) is 4.59. The maximum absolute atomic E-state index is 14.0. The fourth-order valence-electron chi connectivity index (χ4n) is 2.94. The van der Waals surface area contributed by atoms with Crippen molar-refractivity contribution in [1.29, 1.82) is 0 Å². The van der Waals surface area contributed by atoms with Gasteiger partial charge >= 0.3 is 12.4 Å². The lowest BCUT2D eigenvalue weighted by atomic mass is 9.73. The predicted octanol–water partition coefficient (Wildman–Crippen LogP) is 4.53. The summed E-state index contributed by atoms with van der Waals surface area (Å²) >= 11 is 0. The second kappa shape index (κ2) is 8.11. The van der Waals surface area contributed by atoms with Crippen LogP contribution in [0.25, 0.3) is 0 Å². The first-order valence-corrected chi connectivity index (χ1v) is 8.33. The summed E-state index contributed by atoms with van der Waals surface area (Å²) in [4.78, 5) is 0. The van der Waals surface area contributed by atoms with Crippen LogP contribution in [0.15, 0.2) is 48.5 Å². The smallest absolute Gasteiger partial charge is 0.411 e. The van der Waals surface area contributed by atoms with Gasteiger partial charge in [0.1, 0.15) is 11.5 Å². The Hall–Kier alpha value is -2.46. The molecule has 2 aromatic rings. The van der Waals surface area contributed by atoms with Gasteiger partial charge in [0.15, 0.2) is 12.6 Å². The minimum absolute atomic E-state index is 0.0947. The number of aliphatic hydroxyl groups is 2. The molecule has 10 heteroatoms. The minimum atomic E-state index is -5.73. The summed E-state index contributed by atoms with van der Waals surface area (Å²) in [5, 5.41) is 18.3. The highest BCUT2D eigenvalue weighted by atomic mass is 19.4. The van der Waals surface area contributed by atoms with Crippen LogP contribution in [0.3, 0.4) is 0 Å². The maximum atomic E-state index is 14.0. The molecule has 4 nitrogen and oxygen atoms in total. The Balaban J connectivity index is 2.66. The van der Waals surface area contributed by atoms with Crippen molar-refractivity contribution in [3.63, 3.8) is 0 Å². The molecular formula is C19H18F6O4. The highest BCUT2D eigenvalue weighted by molar-refractivity contribution is 5.47. The van der Waals surface area contributed by atoms with E-state index < -0.39 is 41.5 Å². The second-order valence-electron chi connectivity index (χ2n) is 6.23. The molecule has 0 fully saturated rings. The van der Waals surface area contributed by atoms with Crippen LogP contribution in [0.2, 0.25) is 0 Å². The zero-order chi connectivity index (χ0) is 22.0. The van der Waals surface area contributed by atoms with E-state index in [0.717, 1.165) is 24.3 Å². The first-order chi connectivity index (χ1) is 13.3. The molecule has 160 valence electrons. The van der Waals surface area contributed by atoms with Crippen LogP contribution in [-0.4, -0.2) is 35.1 Å². The van der Waals surface area contributed by atoms with Gasteiger partial charge in [0.25, 0.3) is 0 Å². The van der Waals surface area contributed by atoms with Gasteiger partial charge in [-0.2, -0.15) is 26.3 Å². The Morgan fingerprint density at radius 2 is 0.897 bits per heavy atom. The van der Waals surface area contributed by atoms with Gasteiger partial charge in [0.2, 0.25) is 5.41 Å². The topological polar surface area (TPSA) is 58.9 Å². The lowest BCUT2D eigenvalue weighted by Gasteiger charge is -2.38. The summed E-state index contributed by atoms with van der Waals surface area (Å²) in [5.41, 5.74) is -6.45. The number of hydrogen-bond acceptors (Lipinski definition) is 4. The molecule has 0 aliphatic heterocycles. The molecule has 2 unspecified atom stereocenters. The molecule has 2 aromatic carbocycles. The average Bonchev–Trinajstić information content (AvgIpc) is 2.55. The largest absolute Gasteiger partial charge is 0.465 e. The monoisotopic (exact) mass is 424 g/mol. The van der Waals surface area contributed by atoms with E-state index >= 15 is 0 Å². The van der Waals surface area contributed by atoms with Crippen molar-refractivity contribution in [2.75, 3.05) is 0 Å². The van der Waals surface area contributed by atoms with Gasteiger partial charge in [0.05, 0.1) is 0 Å². The Labute approximate surface area is 162 Å².